The normalized spacial score (nSPS) is 27.9. The Labute approximate surface area is 89.9 Å². The molecule has 1 fully saturated rings. The molecule has 1 aliphatic rings. The molecule has 1 atom stereocenters. The summed E-state index contributed by atoms with van der Waals surface area (Å²) in [4.78, 5) is 0. The van der Waals surface area contributed by atoms with Crippen LogP contribution in [-0.4, -0.2) is 46.3 Å². The maximum Gasteiger partial charge on any atom is 0.344 e. The van der Waals surface area contributed by atoms with Crippen LogP contribution in [0.25, 0.3) is 0 Å². The average molecular weight is 218 g/mol. The van der Waals surface area contributed by atoms with E-state index in [-0.39, 0.29) is 6.10 Å². The molecule has 0 aromatic heterocycles. The monoisotopic (exact) mass is 218 g/mol. The van der Waals surface area contributed by atoms with E-state index in [1.807, 2.05) is 19.1 Å². The predicted octanol–water partition coefficient (Wildman–Crippen LogP) is 0.897. The van der Waals surface area contributed by atoms with Crippen LogP contribution < -0.4 is 0 Å². The molecule has 15 heavy (non-hydrogen) atoms. The van der Waals surface area contributed by atoms with Gasteiger partial charge in [0, 0.05) is 28.4 Å². The third-order valence-electron chi connectivity index (χ3n) is 2.59. The van der Waals surface area contributed by atoms with E-state index in [4.69, 9.17) is 23.7 Å². The van der Waals surface area contributed by atoms with Crippen molar-refractivity contribution in [1.29, 1.82) is 0 Å². The van der Waals surface area contributed by atoms with Crippen LogP contribution in [-0.2, 0) is 23.7 Å². The smallest absolute Gasteiger partial charge is 0.344 e. The summed E-state index contributed by atoms with van der Waals surface area (Å²) in [5.74, 6) is -2.37. The van der Waals surface area contributed by atoms with Crippen LogP contribution in [0.1, 0.15) is 6.92 Å². The minimum Gasteiger partial charge on any atom is -0.344 e. The molecule has 1 rings (SSSR count). The Morgan fingerprint density at radius 3 is 1.87 bits per heavy atom. The first-order valence-corrected chi connectivity index (χ1v) is 4.67. The molecule has 88 valence electrons. The van der Waals surface area contributed by atoms with Gasteiger partial charge in [-0.25, -0.2) is 0 Å². The molecule has 1 heterocycles. The Hall–Kier alpha value is -0.460. The van der Waals surface area contributed by atoms with Gasteiger partial charge < -0.3 is 23.7 Å². The van der Waals surface area contributed by atoms with E-state index in [0.717, 1.165) is 0 Å². The van der Waals surface area contributed by atoms with Crippen LogP contribution in [0.15, 0.2) is 12.2 Å². The van der Waals surface area contributed by atoms with Gasteiger partial charge in [0.2, 0.25) is 0 Å². The molecule has 0 amide bonds. The molecule has 0 spiro atoms. The van der Waals surface area contributed by atoms with Gasteiger partial charge >= 0.3 is 5.97 Å². The molecule has 0 bridgehead atoms. The summed E-state index contributed by atoms with van der Waals surface area (Å²) >= 11 is 0. The van der Waals surface area contributed by atoms with Gasteiger partial charge in [-0.1, -0.05) is 12.2 Å². The van der Waals surface area contributed by atoms with E-state index in [1.165, 1.54) is 28.4 Å². The first-order valence-electron chi connectivity index (χ1n) is 4.67. The SMILES string of the molecule is C/C=C\[C@@H]1OC(OC)(OC)C1(OC)OC. The van der Waals surface area contributed by atoms with E-state index in [1.54, 1.807) is 0 Å². The van der Waals surface area contributed by atoms with Gasteiger partial charge in [0.1, 0.15) is 6.10 Å². The second-order valence-electron chi connectivity index (χ2n) is 3.10. The fraction of sp³-hybridized carbons (Fsp3) is 0.800. The topological polar surface area (TPSA) is 46.2 Å². The molecule has 0 saturated carbocycles. The van der Waals surface area contributed by atoms with E-state index >= 15 is 0 Å². The molecule has 0 radical (unpaired) electrons. The molecule has 5 nitrogen and oxygen atoms in total. The molecule has 5 heteroatoms. The zero-order chi connectivity index (χ0) is 11.5. The first kappa shape index (κ1) is 12.6. The lowest BCUT2D eigenvalue weighted by atomic mass is 9.99. The molecule has 1 aliphatic heterocycles. The fourth-order valence-electron chi connectivity index (χ4n) is 1.81. The van der Waals surface area contributed by atoms with Gasteiger partial charge in [0.15, 0.2) is 0 Å². The Morgan fingerprint density at radius 2 is 1.53 bits per heavy atom. The molecular weight excluding hydrogens is 200 g/mol. The summed E-state index contributed by atoms with van der Waals surface area (Å²) in [6.45, 7) is 1.89. The van der Waals surface area contributed by atoms with Crippen molar-refractivity contribution >= 4 is 0 Å². The first-order chi connectivity index (χ1) is 7.16. The molecule has 1 saturated heterocycles. The highest BCUT2D eigenvalue weighted by molar-refractivity contribution is 5.09. The van der Waals surface area contributed by atoms with E-state index < -0.39 is 11.8 Å². The Bertz CT molecular complexity index is 230. The number of hydrogen-bond acceptors (Lipinski definition) is 5. The van der Waals surface area contributed by atoms with Crippen molar-refractivity contribution in [2.24, 2.45) is 0 Å². The maximum absolute atomic E-state index is 5.48. The zero-order valence-electron chi connectivity index (χ0n) is 9.77. The van der Waals surface area contributed by atoms with E-state index in [2.05, 4.69) is 0 Å². The van der Waals surface area contributed by atoms with Crippen LogP contribution >= 0.6 is 0 Å². The van der Waals surface area contributed by atoms with Gasteiger partial charge in [-0.05, 0) is 6.92 Å². The van der Waals surface area contributed by atoms with Crippen LogP contribution in [0, 0.1) is 0 Å². The Kier molecular flexibility index (Phi) is 3.86. The minimum absolute atomic E-state index is 0.350. The van der Waals surface area contributed by atoms with Crippen LogP contribution in [0.3, 0.4) is 0 Å². The quantitative estimate of drug-likeness (QED) is 0.506. The van der Waals surface area contributed by atoms with Crippen LogP contribution in [0.4, 0.5) is 0 Å². The summed E-state index contributed by atoms with van der Waals surface area (Å²) in [6, 6.07) is 0. The van der Waals surface area contributed by atoms with Crippen LogP contribution in [0.5, 0.6) is 0 Å². The molecule has 0 aliphatic carbocycles. The van der Waals surface area contributed by atoms with Crippen molar-refractivity contribution in [3.63, 3.8) is 0 Å². The minimum atomic E-state index is -1.30. The van der Waals surface area contributed by atoms with Gasteiger partial charge in [-0.2, -0.15) is 0 Å². The fourth-order valence-corrected chi connectivity index (χ4v) is 1.81. The maximum atomic E-state index is 5.48. The second-order valence-corrected chi connectivity index (χ2v) is 3.10. The average Bonchev–Trinajstić information content (AvgIpc) is 2.26. The summed E-state index contributed by atoms with van der Waals surface area (Å²) in [7, 11) is 6.00. The number of ether oxygens (including phenoxy) is 5. The lowest BCUT2D eigenvalue weighted by Gasteiger charge is -2.56. The zero-order valence-corrected chi connectivity index (χ0v) is 9.77. The highest BCUT2D eigenvalue weighted by Gasteiger charge is 2.72. The summed E-state index contributed by atoms with van der Waals surface area (Å²) in [6.07, 6.45) is 3.33. The van der Waals surface area contributed by atoms with Crippen molar-refractivity contribution in [1.82, 2.24) is 0 Å². The third kappa shape index (κ3) is 1.51. The Morgan fingerprint density at radius 1 is 1.00 bits per heavy atom. The number of allylic oxidation sites excluding steroid dienone is 1. The van der Waals surface area contributed by atoms with Gasteiger partial charge in [-0.15, -0.1) is 0 Å². The Balaban J connectivity index is 2.97. The predicted molar refractivity (Wildman–Crippen MR) is 53.2 cm³/mol. The summed E-state index contributed by atoms with van der Waals surface area (Å²) in [5.41, 5.74) is 0. The number of rotatable bonds is 5. The van der Waals surface area contributed by atoms with Crippen molar-refractivity contribution < 1.29 is 23.7 Å². The van der Waals surface area contributed by atoms with Crippen LogP contribution in [0.2, 0.25) is 0 Å². The molecule has 0 aromatic rings. The van der Waals surface area contributed by atoms with Gasteiger partial charge in [0.25, 0.3) is 5.79 Å². The molecule has 0 N–H and O–H groups in total. The second kappa shape index (κ2) is 4.59. The van der Waals surface area contributed by atoms with Gasteiger partial charge in [0.05, 0.1) is 0 Å². The third-order valence-corrected chi connectivity index (χ3v) is 2.59. The molecular formula is C10H18O5. The summed E-state index contributed by atoms with van der Waals surface area (Å²) < 4.78 is 26.5. The lowest BCUT2D eigenvalue weighted by Crippen LogP contribution is -2.77. The highest BCUT2D eigenvalue weighted by Crippen LogP contribution is 2.47. The lowest BCUT2D eigenvalue weighted by molar-refractivity contribution is -0.574. The van der Waals surface area contributed by atoms with Gasteiger partial charge in [-0.3, -0.25) is 0 Å². The highest BCUT2D eigenvalue weighted by atomic mass is 16.9. The largest absolute Gasteiger partial charge is 0.344 e. The van der Waals surface area contributed by atoms with E-state index in [9.17, 15) is 0 Å². The standard InChI is InChI=1S/C10H18O5/c1-6-7-8-9(11-2,12-3)10(13-4,14-5)15-8/h6-8H,1-5H3/b7-6-/t8-/m0/s1. The molecule has 0 aromatic carbocycles. The molecule has 0 unspecified atom stereocenters. The van der Waals surface area contributed by atoms with Crippen molar-refractivity contribution in [2.45, 2.75) is 24.8 Å². The van der Waals surface area contributed by atoms with Crippen molar-refractivity contribution in [2.75, 3.05) is 28.4 Å². The summed E-state index contributed by atoms with van der Waals surface area (Å²) in [5, 5.41) is 0. The number of methoxy groups -OCH3 is 4. The van der Waals surface area contributed by atoms with Crippen molar-refractivity contribution in [3.8, 4) is 0 Å². The van der Waals surface area contributed by atoms with E-state index in [0.29, 0.717) is 0 Å². The van der Waals surface area contributed by atoms with Crippen molar-refractivity contribution in [3.05, 3.63) is 12.2 Å². The number of hydrogen-bond donors (Lipinski definition) is 0.